The summed E-state index contributed by atoms with van der Waals surface area (Å²) in [6.07, 6.45) is 5.71. The van der Waals surface area contributed by atoms with Crippen LogP contribution in [0.15, 0.2) is 30.3 Å². The Kier molecular flexibility index (Phi) is 5.42. The average Bonchev–Trinajstić information content (AvgIpc) is 2.86. The second-order valence-electron chi connectivity index (χ2n) is 5.63. The number of thiocarbonyl (C=S) groups is 1. The molecule has 1 aromatic heterocycles. The predicted octanol–water partition coefficient (Wildman–Crippen LogP) is 3.79. The summed E-state index contributed by atoms with van der Waals surface area (Å²) < 4.78 is 13.5. The molecule has 1 aromatic carbocycles. The van der Waals surface area contributed by atoms with E-state index in [0.29, 0.717) is 4.88 Å². The predicted molar refractivity (Wildman–Crippen MR) is 98.8 cm³/mol. The number of hydrogen-bond donors (Lipinski definition) is 3. The summed E-state index contributed by atoms with van der Waals surface area (Å²) >= 11 is 6.61. The Morgan fingerprint density at radius 2 is 1.92 bits per heavy atom. The zero-order valence-electron chi connectivity index (χ0n) is 13.0. The molecule has 1 heterocycles. The van der Waals surface area contributed by atoms with E-state index in [-0.39, 0.29) is 16.7 Å². The minimum Gasteiger partial charge on any atom is -0.329 e. The van der Waals surface area contributed by atoms with Gasteiger partial charge in [-0.05, 0) is 61.7 Å². The van der Waals surface area contributed by atoms with Gasteiger partial charge >= 0.3 is 0 Å². The van der Waals surface area contributed by atoms with Gasteiger partial charge in [-0.25, -0.2) is 4.39 Å². The number of fused-ring (bicyclic) bond motifs is 1. The minimum atomic E-state index is -0.407. The number of benzene rings is 1. The molecule has 4 nitrogen and oxygen atoms in total. The topological polar surface area (TPSA) is 53.2 Å². The van der Waals surface area contributed by atoms with Gasteiger partial charge in [0.25, 0.3) is 5.91 Å². The Morgan fingerprint density at radius 3 is 2.75 bits per heavy atom. The van der Waals surface area contributed by atoms with Crippen LogP contribution >= 0.6 is 23.6 Å². The van der Waals surface area contributed by atoms with Crippen molar-refractivity contribution in [2.75, 3.05) is 5.32 Å². The summed E-state index contributed by atoms with van der Waals surface area (Å²) in [6, 6.07) is 8.17. The fraction of sp³-hybridized carbons (Fsp3) is 0.294. The van der Waals surface area contributed by atoms with Crippen molar-refractivity contribution in [3.05, 3.63) is 51.5 Å². The maximum atomic E-state index is 13.5. The van der Waals surface area contributed by atoms with Crippen LogP contribution in [0.2, 0.25) is 0 Å². The first-order valence-corrected chi connectivity index (χ1v) is 9.09. The lowest BCUT2D eigenvalue weighted by atomic mass is 10.1. The van der Waals surface area contributed by atoms with Crippen molar-refractivity contribution in [3.63, 3.8) is 0 Å². The third kappa shape index (κ3) is 4.10. The number of nitrogens with one attached hydrogen (secondary N) is 3. The van der Waals surface area contributed by atoms with Gasteiger partial charge in [0, 0.05) is 4.88 Å². The smallest absolute Gasteiger partial charge is 0.279 e. The number of carbonyl (C=O) groups is 1. The molecule has 0 radical (unpaired) electrons. The molecule has 0 atom stereocenters. The molecule has 0 saturated heterocycles. The van der Waals surface area contributed by atoms with Crippen LogP contribution in [0.25, 0.3) is 0 Å². The number of aryl methyl sites for hydroxylation is 2. The summed E-state index contributed by atoms with van der Waals surface area (Å²) in [5.41, 5.74) is 6.71. The lowest BCUT2D eigenvalue weighted by Crippen LogP contribution is -2.43. The molecule has 0 unspecified atom stereocenters. The summed E-state index contributed by atoms with van der Waals surface area (Å²) in [6.45, 7) is 0. The third-order valence-electron chi connectivity index (χ3n) is 3.88. The van der Waals surface area contributed by atoms with Gasteiger partial charge in [0.15, 0.2) is 5.11 Å². The minimum absolute atomic E-state index is 0.131. The Hall–Kier alpha value is -1.99. The van der Waals surface area contributed by atoms with Crippen LogP contribution in [0.1, 0.15) is 39.4 Å². The number of thiophene rings is 1. The van der Waals surface area contributed by atoms with Crippen LogP contribution in [0.4, 0.5) is 10.1 Å². The third-order valence-corrected chi connectivity index (χ3v) is 5.32. The SMILES string of the molecule is O=C(NNC(=S)Nc1ccccc1F)c1cc2c(s1)CCCCC2. The molecule has 1 aliphatic carbocycles. The molecule has 3 rings (SSSR count). The second kappa shape index (κ2) is 7.72. The van der Waals surface area contributed by atoms with Crippen LogP contribution < -0.4 is 16.2 Å². The molecule has 0 saturated carbocycles. The molecule has 24 heavy (non-hydrogen) atoms. The lowest BCUT2D eigenvalue weighted by Gasteiger charge is -2.11. The first kappa shape index (κ1) is 16.9. The average molecular weight is 363 g/mol. The van der Waals surface area contributed by atoms with Crippen LogP contribution in [-0.4, -0.2) is 11.0 Å². The Morgan fingerprint density at radius 1 is 1.12 bits per heavy atom. The molecule has 3 N–H and O–H groups in total. The van der Waals surface area contributed by atoms with E-state index in [1.165, 1.54) is 47.1 Å². The maximum absolute atomic E-state index is 13.5. The van der Waals surface area contributed by atoms with E-state index >= 15 is 0 Å². The van der Waals surface area contributed by atoms with Crippen molar-refractivity contribution < 1.29 is 9.18 Å². The maximum Gasteiger partial charge on any atom is 0.279 e. The zero-order valence-corrected chi connectivity index (χ0v) is 14.7. The normalized spacial score (nSPS) is 13.5. The highest BCUT2D eigenvalue weighted by Crippen LogP contribution is 2.28. The van der Waals surface area contributed by atoms with Gasteiger partial charge in [-0.2, -0.15) is 0 Å². The highest BCUT2D eigenvalue weighted by atomic mass is 32.1. The van der Waals surface area contributed by atoms with Gasteiger partial charge < -0.3 is 5.32 Å². The molecule has 1 amide bonds. The standard InChI is InChI=1S/C17H18FN3OS2/c18-12-7-4-5-8-13(12)19-17(23)21-20-16(22)15-10-11-6-2-1-3-9-14(11)24-15/h4-5,7-8,10H,1-3,6,9H2,(H,20,22)(H2,19,21,23). The number of rotatable bonds is 2. The molecule has 0 spiro atoms. The van der Waals surface area contributed by atoms with Crippen molar-refractivity contribution in [1.29, 1.82) is 0 Å². The summed E-state index contributed by atoms with van der Waals surface area (Å²) in [5, 5.41) is 2.84. The van der Waals surface area contributed by atoms with Crippen molar-refractivity contribution in [2.45, 2.75) is 32.1 Å². The van der Waals surface area contributed by atoms with Crippen LogP contribution in [0, 0.1) is 5.82 Å². The summed E-state index contributed by atoms with van der Waals surface area (Å²) in [5.74, 6) is -0.638. The zero-order chi connectivity index (χ0) is 16.9. The highest BCUT2D eigenvalue weighted by molar-refractivity contribution is 7.80. The van der Waals surface area contributed by atoms with E-state index in [1.807, 2.05) is 6.07 Å². The van der Waals surface area contributed by atoms with E-state index in [9.17, 15) is 9.18 Å². The van der Waals surface area contributed by atoms with Crippen molar-refractivity contribution in [3.8, 4) is 0 Å². The first-order chi connectivity index (χ1) is 11.6. The summed E-state index contributed by atoms with van der Waals surface area (Å²) in [7, 11) is 0. The molecule has 0 bridgehead atoms. The Balaban J connectivity index is 1.55. The number of carbonyl (C=O) groups excluding carboxylic acids is 1. The molecule has 126 valence electrons. The van der Waals surface area contributed by atoms with E-state index < -0.39 is 5.82 Å². The van der Waals surface area contributed by atoms with Gasteiger partial charge in [0.1, 0.15) is 5.82 Å². The van der Waals surface area contributed by atoms with Gasteiger partial charge in [-0.3, -0.25) is 15.6 Å². The molecular weight excluding hydrogens is 345 g/mol. The number of para-hydroxylation sites is 1. The molecule has 0 fully saturated rings. The van der Waals surface area contributed by atoms with Crippen LogP contribution in [0.5, 0.6) is 0 Å². The van der Waals surface area contributed by atoms with Crippen molar-refractivity contribution in [1.82, 2.24) is 10.9 Å². The fourth-order valence-corrected chi connectivity index (χ4v) is 3.98. The van der Waals surface area contributed by atoms with E-state index in [4.69, 9.17) is 12.2 Å². The van der Waals surface area contributed by atoms with E-state index in [2.05, 4.69) is 16.2 Å². The molecular formula is C17H18FN3OS2. The Bertz CT molecular complexity index is 737. The number of amides is 1. The van der Waals surface area contributed by atoms with Crippen molar-refractivity contribution >= 4 is 40.3 Å². The van der Waals surface area contributed by atoms with Gasteiger partial charge in [-0.1, -0.05) is 18.6 Å². The molecule has 2 aromatic rings. The van der Waals surface area contributed by atoms with Crippen LogP contribution in [-0.2, 0) is 12.8 Å². The lowest BCUT2D eigenvalue weighted by molar-refractivity contribution is 0.0948. The molecule has 1 aliphatic rings. The van der Waals surface area contributed by atoms with Gasteiger partial charge in [-0.15, -0.1) is 11.3 Å². The van der Waals surface area contributed by atoms with E-state index in [0.717, 1.165) is 12.8 Å². The van der Waals surface area contributed by atoms with E-state index in [1.54, 1.807) is 18.2 Å². The second-order valence-corrected chi connectivity index (χ2v) is 7.18. The monoisotopic (exact) mass is 363 g/mol. The first-order valence-electron chi connectivity index (χ1n) is 7.87. The summed E-state index contributed by atoms with van der Waals surface area (Å²) in [4.78, 5) is 14.2. The fourth-order valence-electron chi connectivity index (χ4n) is 2.67. The van der Waals surface area contributed by atoms with Crippen LogP contribution in [0.3, 0.4) is 0 Å². The van der Waals surface area contributed by atoms with Gasteiger partial charge in [0.05, 0.1) is 10.6 Å². The Labute approximate surface area is 149 Å². The number of anilines is 1. The van der Waals surface area contributed by atoms with Gasteiger partial charge in [0.2, 0.25) is 0 Å². The number of halogens is 1. The molecule has 7 heteroatoms. The highest BCUT2D eigenvalue weighted by Gasteiger charge is 2.16. The number of hydrogen-bond acceptors (Lipinski definition) is 3. The largest absolute Gasteiger partial charge is 0.329 e. The number of hydrazine groups is 1. The quantitative estimate of drug-likeness (QED) is 0.432. The van der Waals surface area contributed by atoms with Crippen molar-refractivity contribution in [2.24, 2.45) is 0 Å². The molecule has 0 aliphatic heterocycles.